The first-order valence-corrected chi connectivity index (χ1v) is 15.1. The topological polar surface area (TPSA) is 55.8 Å². The van der Waals surface area contributed by atoms with Gasteiger partial charge in [-0.05, 0) is 80.2 Å². The molecule has 0 bridgehead atoms. The Morgan fingerprint density at radius 2 is 1.38 bits per heavy atom. The van der Waals surface area contributed by atoms with Crippen molar-refractivity contribution in [2.24, 2.45) is 5.10 Å². The maximum Gasteiger partial charge on any atom is 0.540 e. The van der Waals surface area contributed by atoms with Crippen molar-refractivity contribution in [3.05, 3.63) is 108 Å². The van der Waals surface area contributed by atoms with Crippen LogP contribution in [0.25, 0.3) is 11.1 Å². The number of nitrogens with zero attached hydrogens (tertiary/aromatic N) is 3. The van der Waals surface area contributed by atoms with Gasteiger partial charge < -0.3 is 19.1 Å². The molecule has 204 valence electrons. The molecule has 0 saturated carbocycles. The summed E-state index contributed by atoms with van der Waals surface area (Å²) in [5.74, 6) is 2.75. The van der Waals surface area contributed by atoms with Crippen molar-refractivity contribution in [1.29, 1.82) is 0 Å². The molecule has 1 atom stereocenters. The van der Waals surface area contributed by atoms with Crippen LogP contribution in [0.2, 0.25) is 0 Å². The summed E-state index contributed by atoms with van der Waals surface area (Å²) in [6, 6.07) is 31.2. The Balaban J connectivity index is 1.17. The molecule has 0 N–H and O–H groups in total. The minimum Gasteiger partial charge on any atom is -0.423 e. The third kappa shape index (κ3) is 7.16. The van der Waals surface area contributed by atoms with E-state index in [9.17, 15) is 0 Å². The van der Waals surface area contributed by atoms with Crippen molar-refractivity contribution in [2.75, 3.05) is 27.7 Å². The quantitative estimate of drug-likeness (QED) is 0.119. The van der Waals surface area contributed by atoms with Gasteiger partial charge >= 0.3 is 13.6 Å². The fraction of sp³-hybridized carbons (Fsp3) is 0.194. The van der Waals surface area contributed by atoms with E-state index in [0.29, 0.717) is 17.2 Å². The highest BCUT2D eigenvalue weighted by atomic mass is 32.4. The number of fused-ring (bicyclic) bond motifs is 3. The molecule has 0 aromatic heterocycles. The first-order valence-electron chi connectivity index (χ1n) is 12.9. The van der Waals surface area contributed by atoms with Crippen LogP contribution in [-0.4, -0.2) is 50.1 Å². The molecule has 0 aliphatic carbocycles. The average molecular weight is 573 g/mol. The van der Waals surface area contributed by atoms with E-state index in [-0.39, 0.29) is 0 Å². The van der Waals surface area contributed by atoms with E-state index < -0.39 is 13.6 Å². The second kappa shape index (κ2) is 12.9. The third-order valence-corrected chi connectivity index (χ3v) is 8.06. The number of rotatable bonds is 10. The number of hydrogen-bond acceptors (Lipinski definition) is 7. The standard InChI is InChI=1S/C31H31N3O4PS/c1-33(2)21-20-23-12-18-26(19-13-23)38-39(40)34(3)32-22-24-14-16-25(17-15-24)35-31-36-29-10-6-4-8-27(29)28-9-5-7-11-30(28)37-31/h4-19,22,31H,20-21H2,1-3H3/q+1/b32-22+. The second-order valence-corrected chi connectivity index (χ2v) is 11.6. The third-order valence-electron chi connectivity index (χ3n) is 6.19. The van der Waals surface area contributed by atoms with E-state index in [1.807, 2.05) is 92.0 Å². The summed E-state index contributed by atoms with van der Waals surface area (Å²) in [5, 5.41) is 4.48. The normalized spacial score (nSPS) is 13.1. The largest absolute Gasteiger partial charge is 0.540 e. The van der Waals surface area contributed by atoms with Crippen molar-refractivity contribution < 1.29 is 18.7 Å². The summed E-state index contributed by atoms with van der Waals surface area (Å²) >= 11 is 5.55. The number of likely N-dealkylation sites (N-methyl/N-ethyl adjacent to an activating group) is 1. The molecule has 0 fully saturated rings. The number of ether oxygens (including phenoxy) is 3. The summed E-state index contributed by atoms with van der Waals surface area (Å²) in [6.45, 7) is 0.0717. The van der Waals surface area contributed by atoms with Crippen LogP contribution in [0.15, 0.2) is 102 Å². The molecule has 1 aliphatic rings. The van der Waals surface area contributed by atoms with E-state index in [1.54, 1.807) is 11.0 Å². The smallest absolute Gasteiger partial charge is 0.423 e. The lowest BCUT2D eigenvalue weighted by molar-refractivity contribution is -0.138. The van der Waals surface area contributed by atoms with Gasteiger partial charge in [-0.2, -0.15) is 0 Å². The van der Waals surface area contributed by atoms with Crippen LogP contribution in [0.1, 0.15) is 11.1 Å². The molecule has 1 heterocycles. The lowest BCUT2D eigenvalue weighted by Gasteiger charge is -2.19. The predicted octanol–water partition coefficient (Wildman–Crippen LogP) is 6.71. The van der Waals surface area contributed by atoms with Crippen LogP contribution in [0, 0.1) is 0 Å². The van der Waals surface area contributed by atoms with Crippen molar-refractivity contribution in [3.63, 3.8) is 0 Å². The highest BCUT2D eigenvalue weighted by Gasteiger charge is 2.24. The second-order valence-electron chi connectivity index (χ2n) is 9.46. The van der Waals surface area contributed by atoms with Crippen LogP contribution >= 0.6 is 7.07 Å². The highest BCUT2D eigenvalue weighted by molar-refractivity contribution is 8.02. The zero-order valence-electron chi connectivity index (χ0n) is 22.6. The lowest BCUT2D eigenvalue weighted by atomic mass is 10.0. The summed E-state index contributed by atoms with van der Waals surface area (Å²) in [4.78, 5) is 2.17. The minimum absolute atomic E-state index is 0.607. The molecular formula is C31H31N3O4PS+. The van der Waals surface area contributed by atoms with Crippen molar-refractivity contribution in [1.82, 2.24) is 9.68 Å². The van der Waals surface area contributed by atoms with E-state index in [4.69, 9.17) is 30.5 Å². The van der Waals surface area contributed by atoms with Crippen LogP contribution in [0.4, 0.5) is 0 Å². The molecular weight excluding hydrogens is 541 g/mol. The van der Waals surface area contributed by atoms with Gasteiger partial charge in [-0.3, -0.25) is 4.52 Å². The Labute approximate surface area is 241 Å². The van der Waals surface area contributed by atoms with Gasteiger partial charge in [0.05, 0.1) is 13.3 Å². The molecule has 7 nitrogen and oxygen atoms in total. The van der Waals surface area contributed by atoms with Crippen molar-refractivity contribution >= 4 is 25.1 Å². The van der Waals surface area contributed by atoms with E-state index in [0.717, 1.165) is 35.4 Å². The Morgan fingerprint density at radius 3 is 1.98 bits per heavy atom. The molecule has 4 aromatic rings. The SMILES string of the molecule is CN(C)CCc1ccc(O[P+](=S)N(C)/N=C/c2ccc(OC3Oc4ccccc4-c4ccccc4O3)cc2)cc1. The molecule has 0 spiro atoms. The van der Waals surface area contributed by atoms with Crippen LogP contribution < -0.4 is 18.7 Å². The Kier molecular flexibility index (Phi) is 8.91. The maximum atomic E-state index is 6.05. The molecule has 1 aliphatic heterocycles. The summed E-state index contributed by atoms with van der Waals surface area (Å²) in [7, 11) is 4.60. The molecule has 0 amide bonds. The van der Waals surface area contributed by atoms with Gasteiger partial charge in [0.15, 0.2) is 5.75 Å². The summed E-state index contributed by atoms with van der Waals surface area (Å²) in [5.41, 5.74) is 4.08. The highest BCUT2D eigenvalue weighted by Crippen LogP contribution is 2.40. The predicted molar refractivity (Wildman–Crippen MR) is 163 cm³/mol. The van der Waals surface area contributed by atoms with Crippen molar-refractivity contribution in [2.45, 2.75) is 12.9 Å². The van der Waals surface area contributed by atoms with Gasteiger partial charge in [-0.25, -0.2) is 0 Å². The average Bonchev–Trinajstić information content (AvgIpc) is 3.12. The fourth-order valence-corrected chi connectivity index (χ4v) is 4.96. The first-order chi connectivity index (χ1) is 19.4. The number of benzene rings is 4. The monoisotopic (exact) mass is 572 g/mol. The molecule has 9 heteroatoms. The van der Waals surface area contributed by atoms with Crippen LogP contribution in [-0.2, 0) is 18.2 Å². The van der Waals surface area contributed by atoms with E-state index >= 15 is 0 Å². The molecule has 4 aromatic carbocycles. The number of hydrazone groups is 1. The van der Waals surface area contributed by atoms with Gasteiger partial charge in [0, 0.05) is 17.7 Å². The van der Waals surface area contributed by atoms with Crippen LogP contribution in [0.3, 0.4) is 0 Å². The van der Waals surface area contributed by atoms with Gasteiger partial charge in [-0.15, -0.1) is 5.10 Å². The fourth-order valence-electron chi connectivity index (χ4n) is 4.02. The minimum atomic E-state index is -1.35. The summed E-state index contributed by atoms with van der Waals surface area (Å²) < 4.78 is 25.7. The lowest BCUT2D eigenvalue weighted by Crippen LogP contribution is -2.29. The number of hydrogen-bond donors (Lipinski definition) is 0. The van der Waals surface area contributed by atoms with E-state index in [2.05, 4.69) is 36.2 Å². The first kappa shape index (κ1) is 27.6. The molecule has 0 saturated heterocycles. The maximum absolute atomic E-state index is 6.05. The molecule has 5 rings (SSSR count). The Hall–Kier alpha value is -3.97. The zero-order chi connectivity index (χ0) is 27.9. The van der Waals surface area contributed by atoms with E-state index in [1.165, 1.54) is 5.56 Å². The number of para-hydroxylation sites is 2. The van der Waals surface area contributed by atoms with Gasteiger partial charge in [0.1, 0.15) is 17.2 Å². The Morgan fingerprint density at radius 1 is 0.800 bits per heavy atom. The van der Waals surface area contributed by atoms with Crippen LogP contribution in [0.5, 0.6) is 23.0 Å². The van der Waals surface area contributed by atoms with Gasteiger partial charge in [0.25, 0.3) is 0 Å². The molecule has 0 radical (unpaired) electrons. The summed E-state index contributed by atoms with van der Waals surface area (Å²) in [6.07, 6.45) is 2.73. The van der Waals surface area contributed by atoms with Gasteiger partial charge in [0.2, 0.25) is 11.8 Å². The molecule has 1 unspecified atom stereocenters. The van der Waals surface area contributed by atoms with Gasteiger partial charge in [-0.1, -0.05) is 53.3 Å². The molecule has 40 heavy (non-hydrogen) atoms. The van der Waals surface area contributed by atoms with Crippen molar-refractivity contribution in [3.8, 4) is 34.1 Å². The zero-order valence-corrected chi connectivity index (χ0v) is 24.3. The Bertz CT molecular complexity index is 1430.